The molecule has 0 saturated heterocycles. The summed E-state index contributed by atoms with van der Waals surface area (Å²) in [5.41, 5.74) is 3.49. The van der Waals surface area contributed by atoms with E-state index in [1.165, 1.54) is 0 Å². The number of para-hydroxylation sites is 1. The SMILES string of the molecule is CC(C)NCC(C=O)Oc1cccc(-c2nc(Nc3ccc4[nH]ncc4c3)c3ccccc3n2)c1. The average molecular weight is 467 g/mol. The Morgan fingerprint density at radius 1 is 1.03 bits per heavy atom. The van der Waals surface area contributed by atoms with Gasteiger partial charge in [0.25, 0.3) is 0 Å². The first kappa shape index (κ1) is 22.5. The summed E-state index contributed by atoms with van der Waals surface area (Å²) in [4.78, 5) is 21.1. The number of anilines is 2. The number of hydrogen-bond acceptors (Lipinski definition) is 7. The number of carbonyl (C=O) groups excluding carboxylic acids is 1. The van der Waals surface area contributed by atoms with Gasteiger partial charge in [-0.1, -0.05) is 38.1 Å². The van der Waals surface area contributed by atoms with Gasteiger partial charge < -0.3 is 15.4 Å². The molecule has 1 atom stereocenters. The lowest BCUT2D eigenvalue weighted by Gasteiger charge is -2.16. The Balaban J connectivity index is 1.48. The minimum absolute atomic E-state index is 0.263. The fourth-order valence-corrected chi connectivity index (χ4v) is 3.81. The third-order valence-electron chi connectivity index (χ3n) is 5.56. The molecule has 0 amide bonds. The van der Waals surface area contributed by atoms with Crippen molar-refractivity contribution in [2.24, 2.45) is 0 Å². The van der Waals surface area contributed by atoms with Gasteiger partial charge in [-0.15, -0.1) is 0 Å². The van der Waals surface area contributed by atoms with Crippen LogP contribution >= 0.6 is 0 Å². The predicted molar refractivity (Wildman–Crippen MR) is 138 cm³/mol. The zero-order chi connectivity index (χ0) is 24.2. The molecule has 2 heterocycles. The quantitative estimate of drug-likeness (QED) is 0.266. The Bertz CT molecular complexity index is 1480. The molecule has 0 fully saturated rings. The van der Waals surface area contributed by atoms with E-state index in [4.69, 9.17) is 14.7 Å². The first-order valence-electron chi connectivity index (χ1n) is 11.5. The van der Waals surface area contributed by atoms with Crippen LogP contribution in [0.3, 0.4) is 0 Å². The van der Waals surface area contributed by atoms with Crippen molar-refractivity contribution in [3.63, 3.8) is 0 Å². The summed E-state index contributed by atoms with van der Waals surface area (Å²) in [6, 6.07) is 21.6. The Morgan fingerprint density at radius 3 is 2.77 bits per heavy atom. The zero-order valence-electron chi connectivity index (χ0n) is 19.5. The number of nitrogens with one attached hydrogen (secondary N) is 3. The van der Waals surface area contributed by atoms with E-state index in [0.717, 1.165) is 39.3 Å². The highest BCUT2D eigenvalue weighted by molar-refractivity contribution is 5.93. The molecule has 3 aromatic carbocycles. The minimum atomic E-state index is -0.583. The zero-order valence-corrected chi connectivity index (χ0v) is 19.5. The van der Waals surface area contributed by atoms with Crippen molar-refractivity contribution in [2.75, 3.05) is 11.9 Å². The number of carbonyl (C=O) groups is 1. The van der Waals surface area contributed by atoms with Crippen LogP contribution in [0.2, 0.25) is 0 Å². The maximum absolute atomic E-state index is 11.5. The van der Waals surface area contributed by atoms with Crippen LogP contribution in [0.25, 0.3) is 33.2 Å². The normalized spacial score (nSPS) is 12.2. The molecule has 176 valence electrons. The van der Waals surface area contributed by atoms with Gasteiger partial charge in [-0.05, 0) is 42.5 Å². The number of nitrogens with zero attached hydrogens (tertiary/aromatic N) is 3. The van der Waals surface area contributed by atoms with Gasteiger partial charge in [0.05, 0.1) is 17.2 Å². The average Bonchev–Trinajstić information content (AvgIpc) is 3.34. The number of aldehydes is 1. The molecule has 8 nitrogen and oxygen atoms in total. The number of aromatic nitrogens is 4. The summed E-state index contributed by atoms with van der Waals surface area (Å²) in [6.07, 6.45) is 2.02. The highest BCUT2D eigenvalue weighted by atomic mass is 16.5. The second-order valence-corrected chi connectivity index (χ2v) is 8.59. The molecular formula is C27H26N6O2. The Labute approximate surface area is 202 Å². The third-order valence-corrected chi connectivity index (χ3v) is 5.56. The van der Waals surface area contributed by atoms with Crippen LogP contribution in [0, 0.1) is 0 Å². The maximum Gasteiger partial charge on any atom is 0.166 e. The van der Waals surface area contributed by atoms with E-state index >= 15 is 0 Å². The van der Waals surface area contributed by atoms with Crippen LogP contribution in [0.4, 0.5) is 11.5 Å². The summed E-state index contributed by atoms with van der Waals surface area (Å²) < 4.78 is 5.91. The van der Waals surface area contributed by atoms with Crippen molar-refractivity contribution in [3.05, 3.63) is 72.9 Å². The van der Waals surface area contributed by atoms with Crippen LogP contribution in [0.5, 0.6) is 5.75 Å². The van der Waals surface area contributed by atoms with Crippen molar-refractivity contribution in [2.45, 2.75) is 26.0 Å². The number of hydrogen-bond donors (Lipinski definition) is 3. The van der Waals surface area contributed by atoms with Crippen LogP contribution in [-0.4, -0.2) is 45.1 Å². The van der Waals surface area contributed by atoms with Crippen molar-refractivity contribution in [1.29, 1.82) is 0 Å². The fourth-order valence-electron chi connectivity index (χ4n) is 3.81. The standard InChI is InChI=1S/C27H26N6O2/c1-17(2)28-15-22(16-34)35-21-7-5-6-18(13-21)26-31-25-9-4-3-8-23(25)27(32-26)30-20-10-11-24-19(12-20)14-29-33-24/h3-14,16-17,22,28H,15H2,1-2H3,(H,29,33)(H,30,31,32). The van der Waals surface area contributed by atoms with E-state index in [1.54, 1.807) is 6.20 Å². The van der Waals surface area contributed by atoms with Gasteiger partial charge in [0, 0.05) is 34.6 Å². The van der Waals surface area contributed by atoms with Gasteiger partial charge in [-0.3, -0.25) is 9.89 Å². The fraction of sp³-hybridized carbons (Fsp3) is 0.185. The smallest absolute Gasteiger partial charge is 0.166 e. The molecule has 0 bridgehead atoms. The highest BCUT2D eigenvalue weighted by Crippen LogP contribution is 2.29. The topological polar surface area (TPSA) is 105 Å². The molecule has 35 heavy (non-hydrogen) atoms. The maximum atomic E-state index is 11.5. The predicted octanol–water partition coefficient (Wildman–Crippen LogP) is 4.86. The van der Waals surface area contributed by atoms with E-state index in [2.05, 4.69) is 20.8 Å². The summed E-state index contributed by atoms with van der Waals surface area (Å²) in [5, 5.41) is 15.7. The summed E-state index contributed by atoms with van der Waals surface area (Å²) in [5.74, 6) is 1.84. The summed E-state index contributed by atoms with van der Waals surface area (Å²) in [7, 11) is 0. The number of aromatic amines is 1. The van der Waals surface area contributed by atoms with Gasteiger partial charge in [-0.2, -0.15) is 5.10 Å². The molecule has 1 unspecified atom stereocenters. The number of ether oxygens (including phenoxy) is 1. The monoisotopic (exact) mass is 466 g/mol. The lowest BCUT2D eigenvalue weighted by molar-refractivity contribution is -0.113. The first-order valence-corrected chi connectivity index (χ1v) is 11.5. The van der Waals surface area contributed by atoms with Crippen molar-refractivity contribution in [3.8, 4) is 17.1 Å². The number of H-pyrrole nitrogens is 1. The van der Waals surface area contributed by atoms with E-state index in [1.807, 2.05) is 80.6 Å². The third kappa shape index (κ3) is 5.12. The lowest BCUT2D eigenvalue weighted by Crippen LogP contribution is -2.36. The highest BCUT2D eigenvalue weighted by Gasteiger charge is 2.13. The number of rotatable bonds is 9. The second kappa shape index (κ2) is 9.90. The Kier molecular flexibility index (Phi) is 6.36. The van der Waals surface area contributed by atoms with Gasteiger partial charge in [0.2, 0.25) is 0 Å². The van der Waals surface area contributed by atoms with Crippen LogP contribution < -0.4 is 15.4 Å². The molecule has 0 aliphatic carbocycles. The summed E-state index contributed by atoms with van der Waals surface area (Å²) >= 11 is 0. The van der Waals surface area contributed by atoms with Gasteiger partial charge in [0.15, 0.2) is 18.2 Å². The van der Waals surface area contributed by atoms with Gasteiger partial charge in [-0.25, -0.2) is 9.97 Å². The van der Waals surface area contributed by atoms with Crippen LogP contribution in [0.15, 0.2) is 72.9 Å². The molecule has 3 N–H and O–H groups in total. The molecule has 8 heteroatoms. The molecule has 0 aliphatic rings. The van der Waals surface area contributed by atoms with Gasteiger partial charge >= 0.3 is 0 Å². The molecular weight excluding hydrogens is 440 g/mol. The van der Waals surface area contributed by atoms with Crippen molar-refractivity contribution in [1.82, 2.24) is 25.5 Å². The molecule has 0 radical (unpaired) electrons. The molecule has 5 rings (SSSR count). The van der Waals surface area contributed by atoms with Crippen molar-refractivity contribution < 1.29 is 9.53 Å². The van der Waals surface area contributed by atoms with E-state index < -0.39 is 6.10 Å². The van der Waals surface area contributed by atoms with Crippen molar-refractivity contribution >= 4 is 39.6 Å². The first-order chi connectivity index (χ1) is 17.1. The minimum Gasteiger partial charge on any atom is -0.482 e. The Hall–Kier alpha value is -4.30. The van der Waals surface area contributed by atoms with Crippen LogP contribution in [0.1, 0.15) is 13.8 Å². The Morgan fingerprint density at radius 2 is 1.91 bits per heavy atom. The van der Waals surface area contributed by atoms with Gasteiger partial charge in [0.1, 0.15) is 11.6 Å². The molecule has 0 saturated carbocycles. The number of benzene rings is 3. The molecule has 0 aliphatic heterocycles. The van der Waals surface area contributed by atoms with E-state index in [-0.39, 0.29) is 6.04 Å². The molecule has 2 aromatic heterocycles. The lowest BCUT2D eigenvalue weighted by atomic mass is 10.1. The van der Waals surface area contributed by atoms with E-state index in [9.17, 15) is 4.79 Å². The molecule has 5 aromatic rings. The summed E-state index contributed by atoms with van der Waals surface area (Å²) in [6.45, 7) is 4.49. The van der Waals surface area contributed by atoms with Crippen LogP contribution in [-0.2, 0) is 4.79 Å². The largest absolute Gasteiger partial charge is 0.482 e. The second-order valence-electron chi connectivity index (χ2n) is 8.59. The molecule has 0 spiro atoms. The number of fused-ring (bicyclic) bond motifs is 2. The van der Waals surface area contributed by atoms with E-state index in [0.29, 0.717) is 23.9 Å².